The number of amides is 1. The molecule has 0 atom stereocenters. The van der Waals surface area contributed by atoms with Gasteiger partial charge in [0.15, 0.2) is 0 Å². The van der Waals surface area contributed by atoms with Crippen LogP contribution >= 0.6 is 0 Å². The Labute approximate surface area is 83.2 Å². The summed E-state index contributed by atoms with van der Waals surface area (Å²) >= 11 is 0. The lowest BCUT2D eigenvalue weighted by atomic mass is 10.2. The molecule has 0 fully saturated rings. The lowest BCUT2D eigenvalue weighted by Crippen LogP contribution is -2.25. The zero-order chi connectivity index (χ0) is 9.97. The molecule has 0 spiro atoms. The van der Waals surface area contributed by atoms with E-state index in [-0.39, 0.29) is 5.91 Å². The van der Waals surface area contributed by atoms with Gasteiger partial charge in [-0.25, -0.2) is 0 Å². The Morgan fingerprint density at radius 2 is 2.00 bits per heavy atom. The molecule has 14 heavy (non-hydrogen) atoms. The first-order chi connectivity index (χ1) is 6.83. The van der Waals surface area contributed by atoms with Gasteiger partial charge in [0.2, 0.25) is 0 Å². The number of benzene rings is 1. The summed E-state index contributed by atoms with van der Waals surface area (Å²) in [5, 5.41) is 0. The summed E-state index contributed by atoms with van der Waals surface area (Å²) in [5.41, 5.74) is 1.62. The summed E-state index contributed by atoms with van der Waals surface area (Å²) in [6, 6.07) is 9.64. The van der Waals surface area contributed by atoms with E-state index in [1.54, 1.807) is 11.0 Å². The molecular formula is C12H11NO. The molecule has 2 heteroatoms. The number of hydrogen-bond acceptors (Lipinski definition) is 1. The SMILES string of the molecule is C=CC1=CCN(c2ccccc2)C1=O. The largest absolute Gasteiger partial charge is 0.305 e. The van der Waals surface area contributed by atoms with E-state index >= 15 is 0 Å². The van der Waals surface area contributed by atoms with Gasteiger partial charge >= 0.3 is 0 Å². The number of para-hydroxylation sites is 1. The van der Waals surface area contributed by atoms with Crippen molar-refractivity contribution in [2.75, 3.05) is 11.4 Å². The molecule has 0 aliphatic carbocycles. The van der Waals surface area contributed by atoms with Crippen molar-refractivity contribution in [3.05, 3.63) is 54.6 Å². The van der Waals surface area contributed by atoms with Gasteiger partial charge in [-0.1, -0.05) is 36.9 Å². The number of carbonyl (C=O) groups excluding carboxylic acids is 1. The molecule has 2 nitrogen and oxygen atoms in total. The number of rotatable bonds is 2. The van der Waals surface area contributed by atoms with Gasteiger partial charge in [0.1, 0.15) is 0 Å². The van der Waals surface area contributed by atoms with Crippen LogP contribution in [0.3, 0.4) is 0 Å². The monoisotopic (exact) mass is 185 g/mol. The Morgan fingerprint density at radius 3 is 2.57 bits per heavy atom. The number of anilines is 1. The van der Waals surface area contributed by atoms with Crippen molar-refractivity contribution >= 4 is 11.6 Å². The zero-order valence-corrected chi connectivity index (χ0v) is 7.81. The second kappa shape index (κ2) is 3.50. The third-order valence-electron chi connectivity index (χ3n) is 2.27. The van der Waals surface area contributed by atoms with Crippen LogP contribution in [0.4, 0.5) is 5.69 Å². The smallest absolute Gasteiger partial charge is 0.258 e. The van der Waals surface area contributed by atoms with Crippen molar-refractivity contribution < 1.29 is 4.79 Å². The summed E-state index contributed by atoms with van der Waals surface area (Å²) in [5.74, 6) is 0.0335. The van der Waals surface area contributed by atoms with Crippen molar-refractivity contribution in [3.63, 3.8) is 0 Å². The minimum atomic E-state index is 0.0335. The number of nitrogens with zero attached hydrogens (tertiary/aromatic N) is 1. The normalized spacial score (nSPS) is 15.6. The fourth-order valence-corrected chi connectivity index (χ4v) is 1.52. The summed E-state index contributed by atoms with van der Waals surface area (Å²) < 4.78 is 0. The van der Waals surface area contributed by atoms with E-state index in [1.807, 2.05) is 36.4 Å². The molecule has 0 saturated carbocycles. The molecule has 0 bridgehead atoms. The van der Waals surface area contributed by atoms with E-state index < -0.39 is 0 Å². The molecule has 1 aliphatic rings. The molecule has 2 rings (SSSR count). The van der Waals surface area contributed by atoms with E-state index in [0.717, 1.165) is 5.69 Å². The van der Waals surface area contributed by atoms with Crippen molar-refractivity contribution in [2.24, 2.45) is 0 Å². The van der Waals surface area contributed by atoms with Crippen LogP contribution in [0.1, 0.15) is 0 Å². The topological polar surface area (TPSA) is 20.3 Å². The highest BCUT2D eigenvalue weighted by molar-refractivity contribution is 6.10. The van der Waals surface area contributed by atoms with E-state index in [1.165, 1.54) is 0 Å². The Balaban J connectivity index is 2.26. The first-order valence-corrected chi connectivity index (χ1v) is 4.52. The quantitative estimate of drug-likeness (QED) is 0.691. The molecule has 0 radical (unpaired) electrons. The highest BCUT2D eigenvalue weighted by Crippen LogP contribution is 2.20. The second-order valence-electron chi connectivity index (χ2n) is 3.11. The van der Waals surface area contributed by atoms with Crippen molar-refractivity contribution in [2.45, 2.75) is 0 Å². The zero-order valence-electron chi connectivity index (χ0n) is 7.81. The molecule has 0 unspecified atom stereocenters. The fourth-order valence-electron chi connectivity index (χ4n) is 1.52. The Kier molecular flexibility index (Phi) is 2.19. The standard InChI is InChI=1S/C12H11NO/c1-2-10-8-9-13(12(10)14)11-6-4-3-5-7-11/h2-8H,1,9H2. The van der Waals surface area contributed by atoms with Crippen LogP contribution in [-0.4, -0.2) is 12.5 Å². The predicted octanol–water partition coefficient (Wildman–Crippen LogP) is 2.15. The van der Waals surface area contributed by atoms with Gasteiger partial charge in [-0.05, 0) is 12.1 Å². The first-order valence-electron chi connectivity index (χ1n) is 4.52. The van der Waals surface area contributed by atoms with E-state index in [4.69, 9.17) is 0 Å². The lowest BCUT2D eigenvalue weighted by Gasteiger charge is -2.15. The molecule has 0 aromatic heterocycles. The predicted molar refractivity (Wildman–Crippen MR) is 57.1 cm³/mol. The average molecular weight is 185 g/mol. The maximum atomic E-state index is 11.7. The van der Waals surface area contributed by atoms with Crippen LogP contribution in [-0.2, 0) is 4.79 Å². The van der Waals surface area contributed by atoms with Crippen molar-refractivity contribution in [3.8, 4) is 0 Å². The van der Waals surface area contributed by atoms with Gasteiger partial charge in [0.25, 0.3) is 5.91 Å². The van der Waals surface area contributed by atoms with Crippen LogP contribution < -0.4 is 4.90 Å². The number of hydrogen-bond donors (Lipinski definition) is 0. The van der Waals surface area contributed by atoms with Crippen LogP contribution in [0.5, 0.6) is 0 Å². The third kappa shape index (κ3) is 1.35. The maximum absolute atomic E-state index is 11.7. The highest BCUT2D eigenvalue weighted by atomic mass is 16.2. The summed E-state index contributed by atoms with van der Waals surface area (Å²) in [6.45, 7) is 4.25. The van der Waals surface area contributed by atoms with E-state index in [0.29, 0.717) is 12.1 Å². The maximum Gasteiger partial charge on any atom is 0.258 e. The minimum absolute atomic E-state index is 0.0335. The fraction of sp³-hybridized carbons (Fsp3) is 0.0833. The molecule has 1 amide bonds. The molecule has 70 valence electrons. The Morgan fingerprint density at radius 1 is 1.29 bits per heavy atom. The van der Waals surface area contributed by atoms with Gasteiger partial charge in [-0.2, -0.15) is 0 Å². The molecule has 0 N–H and O–H groups in total. The minimum Gasteiger partial charge on any atom is -0.305 e. The molecular weight excluding hydrogens is 174 g/mol. The third-order valence-corrected chi connectivity index (χ3v) is 2.27. The molecule has 1 aromatic carbocycles. The van der Waals surface area contributed by atoms with Crippen LogP contribution in [0.15, 0.2) is 54.6 Å². The van der Waals surface area contributed by atoms with Gasteiger partial charge < -0.3 is 4.90 Å². The van der Waals surface area contributed by atoms with Gasteiger partial charge in [0.05, 0.1) is 0 Å². The lowest BCUT2D eigenvalue weighted by molar-refractivity contribution is -0.114. The van der Waals surface area contributed by atoms with Crippen molar-refractivity contribution in [1.29, 1.82) is 0 Å². The van der Waals surface area contributed by atoms with E-state index in [9.17, 15) is 4.79 Å². The molecule has 1 aromatic rings. The van der Waals surface area contributed by atoms with Crippen LogP contribution in [0, 0.1) is 0 Å². The average Bonchev–Trinajstić information content (AvgIpc) is 2.61. The second-order valence-corrected chi connectivity index (χ2v) is 3.11. The highest BCUT2D eigenvalue weighted by Gasteiger charge is 2.22. The molecule has 1 aliphatic heterocycles. The Hall–Kier alpha value is -1.83. The number of carbonyl (C=O) groups is 1. The summed E-state index contributed by atoms with van der Waals surface area (Å²) in [7, 11) is 0. The van der Waals surface area contributed by atoms with Crippen LogP contribution in [0.25, 0.3) is 0 Å². The summed E-state index contributed by atoms with van der Waals surface area (Å²) in [4.78, 5) is 13.5. The molecule has 1 heterocycles. The van der Waals surface area contributed by atoms with Gasteiger partial charge in [0, 0.05) is 17.8 Å². The molecule has 0 saturated heterocycles. The Bertz CT molecular complexity index is 392. The summed E-state index contributed by atoms with van der Waals surface area (Å²) in [6.07, 6.45) is 3.49. The first kappa shape index (κ1) is 8.75. The van der Waals surface area contributed by atoms with E-state index in [2.05, 4.69) is 6.58 Å². The van der Waals surface area contributed by atoms with Gasteiger partial charge in [-0.3, -0.25) is 4.79 Å². The van der Waals surface area contributed by atoms with Gasteiger partial charge in [-0.15, -0.1) is 0 Å². The van der Waals surface area contributed by atoms with Crippen molar-refractivity contribution in [1.82, 2.24) is 0 Å². The van der Waals surface area contributed by atoms with Crippen LogP contribution in [0.2, 0.25) is 0 Å².